The first kappa shape index (κ1) is 20.0. The quantitative estimate of drug-likeness (QED) is 0.578. The molecule has 0 amide bonds. The zero-order valence-electron chi connectivity index (χ0n) is 17.2. The lowest BCUT2D eigenvalue weighted by Crippen LogP contribution is -2.52. The minimum Gasteiger partial charge on any atom is -0.454 e. The summed E-state index contributed by atoms with van der Waals surface area (Å²) in [6.45, 7) is 11.1. The van der Waals surface area contributed by atoms with Gasteiger partial charge in [-0.3, -0.25) is 9.89 Å². The number of nitrogens with one attached hydrogen (secondary N) is 1. The van der Waals surface area contributed by atoms with Gasteiger partial charge in [0.05, 0.1) is 5.01 Å². The average Bonchev–Trinajstić information content (AvgIpc) is 3.36. The van der Waals surface area contributed by atoms with Crippen molar-refractivity contribution in [2.45, 2.75) is 26.8 Å². The van der Waals surface area contributed by atoms with Crippen molar-refractivity contribution in [3.63, 3.8) is 0 Å². The van der Waals surface area contributed by atoms with E-state index in [9.17, 15) is 0 Å². The molecule has 1 aromatic heterocycles. The highest BCUT2D eigenvalue weighted by Gasteiger charge is 2.21. The van der Waals surface area contributed by atoms with E-state index < -0.39 is 0 Å². The molecule has 0 unspecified atom stereocenters. The monoisotopic (exact) mass is 415 g/mol. The Hall–Kier alpha value is -2.32. The third-order valence-corrected chi connectivity index (χ3v) is 6.08. The molecule has 8 heteroatoms. The highest BCUT2D eigenvalue weighted by molar-refractivity contribution is 7.11. The van der Waals surface area contributed by atoms with E-state index in [-0.39, 0.29) is 0 Å². The number of rotatable bonds is 6. The number of nitrogens with zero attached hydrogens (tertiary/aromatic N) is 4. The first-order valence-corrected chi connectivity index (χ1v) is 11.1. The van der Waals surface area contributed by atoms with Gasteiger partial charge in [-0.05, 0) is 31.5 Å². The van der Waals surface area contributed by atoms with Gasteiger partial charge in [0.15, 0.2) is 17.5 Å². The number of aromatic nitrogens is 1. The Morgan fingerprint density at radius 2 is 2.03 bits per heavy atom. The van der Waals surface area contributed by atoms with Crippen LogP contribution in [0, 0.1) is 6.92 Å². The van der Waals surface area contributed by atoms with Crippen LogP contribution in [-0.2, 0) is 13.0 Å². The Morgan fingerprint density at radius 1 is 1.21 bits per heavy atom. The number of benzene rings is 1. The maximum Gasteiger partial charge on any atom is 0.231 e. The van der Waals surface area contributed by atoms with Gasteiger partial charge < -0.3 is 19.7 Å². The fourth-order valence-corrected chi connectivity index (χ4v) is 4.39. The summed E-state index contributed by atoms with van der Waals surface area (Å²) < 4.78 is 10.9. The zero-order valence-corrected chi connectivity index (χ0v) is 18.0. The average molecular weight is 416 g/mol. The van der Waals surface area contributed by atoms with Gasteiger partial charge in [-0.15, -0.1) is 11.3 Å². The molecule has 1 fully saturated rings. The second-order valence-electron chi connectivity index (χ2n) is 7.30. The summed E-state index contributed by atoms with van der Waals surface area (Å²) in [4.78, 5) is 15.4. The van der Waals surface area contributed by atoms with Gasteiger partial charge in [-0.25, -0.2) is 4.98 Å². The maximum atomic E-state index is 5.50. The van der Waals surface area contributed by atoms with E-state index in [4.69, 9.17) is 14.5 Å². The van der Waals surface area contributed by atoms with Crippen molar-refractivity contribution in [2.75, 3.05) is 46.1 Å². The van der Waals surface area contributed by atoms with Gasteiger partial charge in [-0.2, -0.15) is 0 Å². The van der Waals surface area contributed by atoms with Gasteiger partial charge >= 0.3 is 0 Å². The number of thiazole rings is 1. The third-order valence-electron chi connectivity index (χ3n) is 5.11. The predicted octanol–water partition coefficient (Wildman–Crippen LogP) is 2.51. The molecule has 0 atom stereocenters. The molecular weight excluding hydrogens is 386 g/mol. The molecule has 0 spiro atoms. The first-order valence-electron chi connectivity index (χ1n) is 10.3. The highest BCUT2D eigenvalue weighted by atomic mass is 32.1. The Bertz CT molecular complexity index is 845. The van der Waals surface area contributed by atoms with E-state index in [0.29, 0.717) is 6.79 Å². The van der Waals surface area contributed by atoms with Gasteiger partial charge in [0.1, 0.15) is 0 Å². The van der Waals surface area contributed by atoms with Gasteiger partial charge in [0.25, 0.3) is 0 Å². The van der Waals surface area contributed by atoms with E-state index in [1.165, 1.54) is 10.4 Å². The number of ether oxygens (including phenoxy) is 2. The summed E-state index contributed by atoms with van der Waals surface area (Å²) in [5.74, 6) is 2.72. The van der Waals surface area contributed by atoms with Crippen LogP contribution in [-0.4, -0.2) is 66.8 Å². The van der Waals surface area contributed by atoms with Crippen LogP contribution in [0.3, 0.4) is 0 Å². The lowest BCUT2D eigenvalue weighted by molar-refractivity contribution is 0.171. The van der Waals surface area contributed by atoms with Gasteiger partial charge in [0.2, 0.25) is 6.79 Å². The molecule has 29 heavy (non-hydrogen) atoms. The SMILES string of the molecule is CCNC(=NCCc1ncc(C)s1)N1CCN(Cc2ccc3c(c2)OCO3)CC1. The zero-order chi connectivity index (χ0) is 20.1. The van der Waals surface area contributed by atoms with E-state index in [1.54, 1.807) is 11.3 Å². The minimum atomic E-state index is 0.326. The Kier molecular flexibility index (Phi) is 6.51. The second-order valence-corrected chi connectivity index (χ2v) is 8.62. The predicted molar refractivity (Wildman–Crippen MR) is 116 cm³/mol. The van der Waals surface area contributed by atoms with Crippen LogP contribution in [0.15, 0.2) is 29.4 Å². The molecule has 0 bridgehead atoms. The Balaban J connectivity index is 1.28. The Morgan fingerprint density at radius 3 is 2.79 bits per heavy atom. The second kappa shape index (κ2) is 9.45. The summed E-state index contributed by atoms with van der Waals surface area (Å²) in [6, 6.07) is 6.24. The standard InChI is InChI=1S/C21H29N5O2S/c1-3-22-21(23-7-6-20-24-13-16(2)29-20)26-10-8-25(9-11-26)14-17-4-5-18-19(12-17)28-15-27-18/h4-5,12-13H,3,6-11,14-15H2,1-2H3,(H,22,23). The summed E-state index contributed by atoms with van der Waals surface area (Å²) in [7, 11) is 0. The number of hydrogen-bond acceptors (Lipinski definition) is 6. The molecule has 3 heterocycles. The normalized spacial score (nSPS) is 17.0. The van der Waals surface area contributed by atoms with Gasteiger partial charge in [0, 0.05) is 63.3 Å². The minimum absolute atomic E-state index is 0.326. The van der Waals surface area contributed by atoms with Gasteiger partial charge in [-0.1, -0.05) is 6.07 Å². The van der Waals surface area contributed by atoms with Crippen LogP contribution in [0.4, 0.5) is 0 Å². The lowest BCUT2D eigenvalue weighted by atomic mass is 10.1. The fourth-order valence-electron chi connectivity index (χ4n) is 3.62. The fraction of sp³-hybridized carbons (Fsp3) is 0.524. The van der Waals surface area contributed by atoms with Crippen molar-refractivity contribution in [2.24, 2.45) is 4.99 Å². The number of hydrogen-bond donors (Lipinski definition) is 1. The third kappa shape index (κ3) is 5.19. The van der Waals surface area contributed by atoms with Crippen LogP contribution in [0.2, 0.25) is 0 Å². The van der Waals surface area contributed by atoms with Crippen LogP contribution < -0.4 is 14.8 Å². The van der Waals surface area contributed by atoms with Crippen molar-refractivity contribution in [1.82, 2.24) is 20.1 Å². The highest BCUT2D eigenvalue weighted by Crippen LogP contribution is 2.32. The van der Waals surface area contributed by atoms with Crippen LogP contribution in [0.25, 0.3) is 0 Å². The van der Waals surface area contributed by atoms with Crippen molar-refractivity contribution in [1.29, 1.82) is 0 Å². The number of fused-ring (bicyclic) bond motifs is 1. The molecule has 0 radical (unpaired) electrons. The summed E-state index contributed by atoms with van der Waals surface area (Å²) in [6.07, 6.45) is 2.84. The lowest BCUT2D eigenvalue weighted by Gasteiger charge is -2.36. The number of aliphatic imine (C=N–C) groups is 1. The van der Waals surface area contributed by atoms with Crippen LogP contribution in [0.5, 0.6) is 11.5 Å². The van der Waals surface area contributed by atoms with Crippen molar-refractivity contribution in [3.05, 3.63) is 39.8 Å². The topological polar surface area (TPSA) is 62.2 Å². The summed E-state index contributed by atoms with van der Waals surface area (Å²) in [5, 5.41) is 4.61. The van der Waals surface area contributed by atoms with Crippen LogP contribution in [0.1, 0.15) is 22.4 Å². The molecule has 4 rings (SSSR count). The molecule has 2 aliphatic rings. The number of aryl methyl sites for hydroxylation is 1. The van der Waals surface area contributed by atoms with E-state index >= 15 is 0 Å². The molecule has 1 saturated heterocycles. The maximum absolute atomic E-state index is 5.50. The smallest absolute Gasteiger partial charge is 0.231 e. The Labute approximate surface area is 176 Å². The molecule has 2 aromatic rings. The molecule has 7 nitrogen and oxygen atoms in total. The van der Waals surface area contributed by atoms with E-state index in [2.05, 4.69) is 46.1 Å². The first-order chi connectivity index (χ1) is 14.2. The van der Waals surface area contributed by atoms with Crippen molar-refractivity contribution in [3.8, 4) is 11.5 Å². The van der Waals surface area contributed by atoms with Crippen molar-refractivity contribution < 1.29 is 9.47 Å². The van der Waals surface area contributed by atoms with Crippen LogP contribution >= 0.6 is 11.3 Å². The summed E-state index contributed by atoms with van der Waals surface area (Å²) >= 11 is 1.76. The molecule has 156 valence electrons. The molecule has 1 N–H and O–H groups in total. The molecule has 1 aromatic carbocycles. The molecular formula is C21H29N5O2S. The summed E-state index contributed by atoms with van der Waals surface area (Å²) in [5.41, 5.74) is 1.27. The van der Waals surface area contributed by atoms with E-state index in [0.717, 1.165) is 74.7 Å². The van der Waals surface area contributed by atoms with E-state index in [1.807, 2.05) is 12.3 Å². The number of guanidine groups is 1. The molecule has 2 aliphatic heterocycles. The molecule has 0 aliphatic carbocycles. The number of piperazine rings is 1. The van der Waals surface area contributed by atoms with Crippen molar-refractivity contribution >= 4 is 17.3 Å². The molecule has 0 saturated carbocycles. The largest absolute Gasteiger partial charge is 0.454 e.